The van der Waals surface area contributed by atoms with Gasteiger partial charge in [0, 0.05) is 41.0 Å². The lowest BCUT2D eigenvalue weighted by molar-refractivity contribution is 0.259. The van der Waals surface area contributed by atoms with Gasteiger partial charge in [-0.1, -0.05) is 0 Å². The number of hydrogen-bond donors (Lipinski definition) is 1. The van der Waals surface area contributed by atoms with E-state index in [0.29, 0.717) is 6.04 Å². The lowest BCUT2D eigenvalue weighted by atomic mass is 10.2. The van der Waals surface area contributed by atoms with Gasteiger partial charge in [-0.05, 0) is 45.2 Å². The molecule has 1 aromatic heterocycles. The number of aryl methyl sites for hydroxylation is 1. The second-order valence-corrected chi connectivity index (χ2v) is 6.87. The van der Waals surface area contributed by atoms with Gasteiger partial charge in [-0.3, -0.25) is 4.90 Å². The Bertz CT molecular complexity index is 383. The van der Waals surface area contributed by atoms with E-state index in [-0.39, 0.29) is 0 Å². The smallest absolute Gasteiger partial charge is 0.0414 e. The minimum Gasteiger partial charge on any atom is -0.310 e. The van der Waals surface area contributed by atoms with Crippen molar-refractivity contribution in [1.82, 2.24) is 10.2 Å². The first-order valence-corrected chi connectivity index (χ1v) is 7.60. The zero-order chi connectivity index (χ0) is 11.8. The molecular formula is C14H22N2S. The third-order valence-corrected chi connectivity index (χ3v) is 5.16. The van der Waals surface area contributed by atoms with Crippen LogP contribution in [0.2, 0.25) is 0 Å². The molecule has 2 aliphatic rings. The first kappa shape index (κ1) is 11.7. The topological polar surface area (TPSA) is 15.3 Å². The van der Waals surface area contributed by atoms with Gasteiger partial charge >= 0.3 is 0 Å². The number of nitrogens with one attached hydrogen (secondary N) is 1. The monoisotopic (exact) mass is 250 g/mol. The summed E-state index contributed by atoms with van der Waals surface area (Å²) in [4.78, 5) is 5.58. The van der Waals surface area contributed by atoms with Crippen LogP contribution < -0.4 is 5.32 Å². The highest BCUT2D eigenvalue weighted by Crippen LogP contribution is 2.30. The summed E-state index contributed by atoms with van der Waals surface area (Å²) in [5.74, 6) is 0. The predicted molar refractivity (Wildman–Crippen MR) is 73.6 cm³/mol. The summed E-state index contributed by atoms with van der Waals surface area (Å²) in [6.07, 6.45) is 4.12. The van der Waals surface area contributed by atoms with E-state index >= 15 is 0 Å². The highest BCUT2D eigenvalue weighted by molar-refractivity contribution is 7.12. The summed E-state index contributed by atoms with van der Waals surface area (Å²) in [6, 6.07) is 6.73. The largest absolute Gasteiger partial charge is 0.310 e. The fourth-order valence-electron chi connectivity index (χ4n) is 2.72. The lowest BCUT2D eigenvalue weighted by Crippen LogP contribution is -2.34. The van der Waals surface area contributed by atoms with Crippen LogP contribution in [0.4, 0.5) is 0 Å². The minimum atomic E-state index is 0.597. The summed E-state index contributed by atoms with van der Waals surface area (Å²) < 4.78 is 0. The van der Waals surface area contributed by atoms with E-state index in [9.17, 15) is 0 Å². The molecule has 1 aliphatic carbocycles. The molecule has 1 aromatic rings. The molecule has 0 aromatic carbocycles. The van der Waals surface area contributed by atoms with Crippen molar-refractivity contribution < 1.29 is 0 Å². The van der Waals surface area contributed by atoms with Crippen molar-refractivity contribution in [2.24, 2.45) is 0 Å². The molecule has 1 saturated heterocycles. The molecule has 0 spiro atoms. The van der Waals surface area contributed by atoms with Gasteiger partial charge < -0.3 is 5.32 Å². The van der Waals surface area contributed by atoms with Gasteiger partial charge in [0.05, 0.1) is 0 Å². The van der Waals surface area contributed by atoms with E-state index < -0.39 is 0 Å². The van der Waals surface area contributed by atoms with Gasteiger partial charge in [0.25, 0.3) is 0 Å². The van der Waals surface area contributed by atoms with E-state index in [4.69, 9.17) is 0 Å². The zero-order valence-electron chi connectivity index (χ0n) is 10.8. The predicted octanol–water partition coefficient (Wildman–Crippen LogP) is 2.94. The van der Waals surface area contributed by atoms with E-state index in [1.807, 2.05) is 11.3 Å². The lowest BCUT2D eigenvalue weighted by Gasteiger charge is -2.23. The van der Waals surface area contributed by atoms with Crippen molar-refractivity contribution >= 4 is 11.3 Å². The van der Waals surface area contributed by atoms with Crippen LogP contribution in [0, 0.1) is 6.92 Å². The molecule has 2 atom stereocenters. The molecule has 0 bridgehead atoms. The molecular weight excluding hydrogens is 228 g/mol. The minimum absolute atomic E-state index is 0.597. The zero-order valence-corrected chi connectivity index (χ0v) is 11.6. The van der Waals surface area contributed by atoms with E-state index in [1.165, 1.54) is 42.1 Å². The van der Waals surface area contributed by atoms with Crippen molar-refractivity contribution in [2.75, 3.05) is 13.1 Å². The number of thiophene rings is 1. The van der Waals surface area contributed by atoms with Crippen molar-refractivity contribution in [3.05, 3.63) is 21.9 Å². The Labute approximate surface area is 108 Å². The van der Waals surface area contributed by atoms with Crippen molar-refractivity contribution in [1.29, 1.82) is 0 Å². The maximum absolute atomic E-state index is 3.76. The molecule has 3 heteroatoms. The van der Waals surface area contributed by atoms with Crippen LogP contribution in [0.25, 0.3) is 0 Å². The Morgan fingerprint density at radius 3 is 2.76 bits per heavy atom. The number of nitrogens with zero attached hydrogens (tertiary/aromatic N) is 1. The van der Waals surface area contributed by atoms with Crippen LogP contribution in [0.15, 0.2) is 12.1 Å². The highest BCUT2D eigenvalue weighted by Gasteiger charge is 2.31. The fourth-order valence-corrected chi connectivity index (χ4v) is 3.68. The van der Waals surface area contributed by atoms with Gasteiger partial charge in [-0.2, -0.15) is 0 Å². The molecule has 1 N–H and O–H groups in total. The van der Waals surface area contributed by atoms with E-state index in [2.05, 4.69) is 36.2 Å². The number of likely N-dealkylation sites (tertiary alicyclic amines) is 1. The number of hydrogen-bond acceptors (Lipinski definition) is 3. The molecule has 2 fully saturated rings. The Hall–Kier alpha value is -0.380. The quantitative estimate of drug-likeness (QED) is 0.884. The average Bonchev–Trinajstić information content (AvgIpc) is 2.83. The molecule has 2 heterocycles. The van der Waals surface area contributed by atoms with Crippen molar-refractivity contribution in [2.45, 2.75) is 51.2 Å². The third-order valence-electron chi connectivity index (χ3n) is 3.99. The van der Waals surface area contributed by atoms with E-state index in [0.717, 1.165) is 12.1 Å². The first-order chi connectivity index (χ1) is 8.22. The van der Waals surface area contributed by atoms with Gasteiger partial charge in [-0.25, -0.2) is 0 Å². The standard InChI is InChI=1S/C14H22N2S/c1-10-3-6-14(17-10)11(2)16-8-7-13(9-16)15-12-4-5-12/h3,6,11-13,15H,4-5,7-9H2,1-2H3. The van der Waals surface area contributed by atoms with Crippen LogP contribution in [-0.4, -0.2) is 30.1 Å². The Kier molecular flexibility index (Phi) is 3.24. The Morgan fingerprint density at radius 1 is 1.29 bits per heavy atom. The summed E-state index contributed by atoms with van der Waals surface area (Å²) in [5, 5.41) is 3.76. The maximum atomic E-state index is 3.76. The second kappa shape index (κ2) is 4.71. The molecule has 17 heavy (non-hydrogen) atoms. The van der Waals surface area contributed by atoms with Crippen LogP contribution in [0.1, 0.15) is 42.0 Å². The highest BCUT2D eigenvalue weighted by atomic mass is 32.1. The maximum Gasteiger partial charge on any atom is 0.0414 e. The first-order valence-electron chi connectivity index (χ1n) is 6.79. The van der Waals surface area contributed by atoms with Crippen LogP contribution in [0.3, 0.4) is 0 Å². The summed E-state index contributed by atoms with van der Waals surface area (Å²) >= 11 is 1.95. The molecule has 94 valence electrons. The summed E-state index contributed by atoms with van der Waals surface area (Å²) in [7, 11) is 0. The van der Waals surface area contributed by atoms with Gasteiger partial charge in [0.15, 0.2) is 0 Å². The normalized spacial score (nSPS) is 27.5. The molecule has 2 nitrogen and oxygen atoms in total. The second-order valence-electron chi connectivity index (χ2n) is 5.55. The van der Waals surface area contributed by atoms with Gasteiger partial charge in [0.2, 0.25) is 0 Å². The summed E-state index contributed by atoms with van der Waals surface area (Å²) in [5.41, 5.74) is 0. The fraction of sp³-hybridized carbons (Fsp3) is 0.714. The van der Waals surface area contributed by atoms with Crippen LogP contribution in [0.5, 0.6) is 0 Å². The molecule has 1 saturated carbocycles. The van der Waals surface area contributed by atoms with E-state index in [1.54, 1.807) is 0 Å². The number of rotatable bonds is 4. The van der Waals surface area contributed by atoms with Crippen molar-refractivity contribution in [3.8, 4) is 0 Å². The molecule has 3 rings (SSSR count). The third kappa shape index (κ3) is 2.72. The molecule has 0 radical (unpaired) electrons. The van der Waals surface area contributed by atoms with Crippen LogP contribution >= 0.6 is 11.3 Å². The molecule has 1 aliphatic heterocycles. The van der Waals surface area contributed by atoms with Gasteiger partial charge in [0.1, 0.15) is 0 Å². The SMILES string of the molecule is Cc1ccc(C(C)N2CCC(NC3CC3)C2)s1. The summed E-state index contributed by atoms with van der Waals surface area (Å²) in [6.45, 7) is 7.03. The average molecular weight is 250 g/mol. The van der Waals surface area contributed by atoms with Gasteiger partial charge in [-0.15, -0.1) is 11.3 Å². The molecule has 2 unspecified atom stereocenters. The Balaban J connectivity index is 1.57. The molecule has 0 amide bonds. The van der Waals surface area contributed by atoms with Crippen molar-refractivity contribution in [3.63, 3.8) is 0 Å². The van der Waals surface area contributed by atoms with Crippen LogP contribution in [-0.2, 0) is 0 Å². The Morgan fingerprint density at radius 2 is 2.12 bits per heavy atom.